The van der Waals surface area contributed by atoms with Crippen LogP contribution in [-0.2, 0) is 16.9 Å². The van der Waals surface area contributed by atoms with Gasteiger partial charge in [-0.1, -0.05) is 0 Å². The molecule has 1 fully saturated rings. The molecule has 0 spiro atoms. The minimum Gasteiger partial charge on any atom is -0.367 e. The van der Waals surface area contributed by atoms with E-state index in [0.717, 1.165) is 5.69 Å². The first-order valence-electron chi connectivity index (χ1n) is 7.54. The lowest BCUT2D eigenvalue weighted by atomic mass is 10.2. The summed E-state index contributed by atoms with van der Waals surface area (Å²) in [7, 11) is -1.72. The molecule has 0 aromatic carbocycles. The zero-order valence-corrected chi connectivity index (χ0v) is 14.4. The molecule has 0 unspecified atom stereocenters. The summed E-state index contributed by atoms with van der Waals surface area (Å²) in [5, 5.41) is 4.03. The Labute approximate surface area is 140 Å². The molecule has 0 atom stereocenters. The van der Waals surface area contributed by atoms with E-state index in [1.807, 2.05) is 4.90 Å². The van der Waals surface area contributed by atoms with Crippen molar-refractivity contribution in [2.75, 3.05) is 42.2 Å². The van der Waals surface area contributed by atoms with Crippen LogP contribution in [0.2, 0.25) is 0 Å². The largest absolute Gasteiger partial charge is 0.367 e. The number of nitrogens with zero attached hydrogens (tertiary/aromatic N) is 5. The molecule has 0 aliphatic carbocycles. The van der Waals surface area contributed by atoms with Gasteiger partial charge < -0.3 is 9.80 Å². The van der Waals surface area contributed by atoms with Gasteiger partial charge >= 0.3 is 0 Å². The van der Waals surface area contributed by atoms with Crippen molar-refractivity contribution in [3.63, 3.8) is 0 Å². The maximum Gasteiger partial charge on any atom is 0.268 e. The summed E-state index contributed by atoms with van der Waals surface area (Å²) in [5.41, 5.74) is 0.626. The number of aromatic nitrogens is 3. The zero-order chi connectivity index (χ0) is 17.3. The highest BCUT2D eigenvalue weighted by Crippen LogP contribution is 2.24. The lowest BCUT2D eigenvalue weighted by Crippen LogP contribution is -2.47. The third-order valence-corrected chi connectivity index (χ3v) is 5.17. The summed E-state index contributed by atoms with van der Waals surface area (Å²) in [6, 6.07) is 4.77. The number of hydrogen-bond acceptors (Lipinski definition) is 7. The van der Waals surface area contributed by atoms with Gasteiger partial charge in [-0.25, -0.2) is 18.1 Å². The van der Waals surface area contributed by atoms with Crippen molar-refractivity contribution < 1.29 is 8.42 Å². The fourth-order valence-electron chi connectivity index (χ4n) is 2.72. The molecular weight excluding hydrogens is 330 g/mol. The maximum atomic E-state index is 11.9. The molecule has 0 amide bonds. The first-order valence-corrected chi connectivity index (χ1v) is 9.44. The quantitative estimate of drug-likeness (QED) is 0.765. The number of anilines is 2. The summed E-state index contributed by atoms with van der Waals surface area (Å²) in [4.78, 5) is 20.2. The Morgan fingerprint density at radius 1 is 1.12 bits per heavy atom. The second kappa shape index (κ2) is 6.23. The van der Waals surface area contributed by atoms with Gasteiger partial charge in [-0.05, 0) is 12.1 Å². The highest BCUT2D eigenvalue weighted by atomic mass is 32.2. The lowest BCUT2D eigenvalue weighted by Gasteiger charge is -2.36. The molecule has 0 saturated carbocycles. The number of piperazine rings is 1. The summed E-state index contributed by atoms with van der Waals surface area (Å²) in [6.45, 7) is 2.56. The van der Waals surface area contributed by atoms with Gasteiger partial charge in [0.15, 0.2) is 9.84 Å². The van der Waals surface area contributed by atoms with Crippen LogP contribution in [0.1, 0.15) is 0 Å². The van der Waals surface area contributed by atoms with Gasteiger partial charge in [-0.15, -0.1) is 0 Å². The van der Waals surface area contributed by atoms with E-state index in [0.29, 0.717) is 32.0 Å². The van der Waals surface area contributed by atoms with Crippen LogP contribution >= 0.6 is 0 Å². The molecule has 0 bridgehead atoms. The normalized spacial score (nSPS) is 15.6. The monoisotopic (exact) mass is 349 g/mol. The van der Waals surface area contributed by atoms with Crippen LogP contribution in [0.15, 0.2) is 40.3 Å². The van der Waals surface area contributed by atoms with Crippen LogP contribution < -0.4 is 15.4 Å². The first kappa shape index (κ1) is 16.4. The molecular formula is C15H19N5O3S. The molecule has 0 N–H and O–H groups in total. The molecule has 0 radical (unpaired) electrons. The topological polar surface area (TPSA) is 88.4 Å². The van der Waals surface area contributed by atoms with Crippen molar-refractivity contribution in [3.8, 4) is 0 Å². The Morgan fingerprint density at radius 3 is 2.42 bits per heavy atom. The van der Waals surface area contributed by atoms with E-state index in [4.69, 9.17) is 0 Å². The number of hydrogen-bond donors (Lipinski definition) is 0. The van der Waals surface area contributed by atoms with Gasteiger partial charge in [0.05, 0.1) is 11.9 Å². The number of aryl methyl sites for hydroxylation is 1. The van der Waals surface area contributed by atoms with E-state index >= 15 is 0 Å². The first-order chi connectivity index (χ1) is 11.4. The molecule has 1 aliphatic rings. The highest BCUT2D eigenvalue weighted by molar-refractivity contribution is 7.90. The van der Waals surface area contributed by atoms with Crippen molar-refractivity contribution in [1.82, 2.24) is 14.8 Å². The van der Waals surface area contributed by atoms with Gasteiger partial charge in [-0.3, -0.25) is 4.79 Å². The van der Waals surface area contributed by atoms with Crippen molar-refractivity contribution in [3.05, 3.63) is 40.9 Å². The smallest absolute Gasteiger partial charge is 0.268 e. The standard InChI is InChI=1S/C15H19N5O3S/c1-18-14(21)10-12(11-17-18)19-6-8-20(9-7-19)15-13(24(2,22)23)4-3-5-16-15/h3-5,10-11H,6-9H2,1-2H3. The Kier molecular flexibility index (Phi) is 4.27. The minimum absolute atomic E-state index is 0.154. The average Bonchev–Trinajstić information content (AvgIpc) is 2.57. The summed E-state index contributed by atoms with van der Waals surface area (Å²) in [6.07, 6.45) is 4.45. The number of pyridine rings is 1. The van der Waals surface area contributed by atoms with E-state index in [9.17, 15) is 13.2 Å². The predicted molar refractivity (Wildman–Crippen MR) is 91.3 cm³/mol. The van der Waals surface area contributed by atoms with E-state index in [1.165, 1.54) is 10.9 Å². The Morgan fingerprint density at radius 2 is 1.79 bits per heavy atom. The van der Waals surface area contributed by atoms with E-state index in [1.54, 1.807) is 37.6 Å². The van der Waals surface area contributed by atoms with E-state index < -0.39 is 9.84 Å². The van der Waals surface area contributed by atoms with Crippen LogP contribution in [0.25, 0.3) is 0 Å². The van der Waals surface area contributed by atoms with Gasteiger partial charge in [0.2, 0.25) is 0 Å². The summed E-state index contributed by atoms with van der Waals surface area (Å²) >= 11 is 0. The van der Waals surface area contributed by atoms with Gasteiger partial charge in [0.1, 0.15) is 10.7 Å². The van der Waals surface area contributed by atoms with Crippen molar-refractivity contribution in [2.24, 2.45) is 7.05 Å². The molecule has 3 rings (SSSR count). The Balaban J connectivity index is 1.79. The molecule has 9 heteroatoms. The van der Waals surface area contributed by atoms with E-state index in [-0.39, 0.29) is 10.5 Å². The minimum atomic E-state index is -3.33. The fourth-order valence-corrected chi connectivity index (χ4v) is 3.56. The predicted octanol–water partition coefficient (Wildman–Crippen LogP) is -0.0946. The third-order valence-electron chi connectivity index (χ3n) is 4.05. The van der Waals surface area contributed by atoms with E-state index in [2.05, 4.69) is 15.0 Å². The molecule has 24 heavy (non-hydrogen) atoms. The third kappa shape index (κ3) is 3.25. The van der Waals surface area contributed by atoms with Gasteiger partial charge in [0.25, 0.3) is 5.56 Å². The molecule has 128 valence electrons. The van der Waals surface area contributed by atoms with Crippen LogP contribution in [0.3, 0.4) is 0 Å². The number of sulfone groups is 1. The molecule has 8 nitrogen and oxygen atoms in total. The van der Waals surface area contributed by atoms with Gasteiger partial charge in [0, 0.05) is 51.7 Å². The Bertz CT molecular complexity index is 901. The molecule has 3 heterocycles. The van der Waals surface area contributed by atoms with Crippen LogP contribution in [0.4, 0.5) is 11.5 Å². The maximum absolute atomic E-state index is 11.9. The molecule has 2 aromatic heterocycles. The lowest BCUT2D eigenvalue weighted by molar-refractivity contribution is 0.598. The fraction of sp³-hybridized carbons (Fsp3) is 0.400. The molecule has 1 saturated heterocycles. The van der Waals surface area contributed by atoms with Crippen LogP contribution in [0, 0.1) is 0 Å². The van der Waals surface area contributed by atoms with Crippen LogP contribution in [-0.4, -0.2) is 55.6 Å². The SMILES string of the molecule is Cn1ncc(N2CCN(c3ncccc3S(C)(=O)=O)CC2)cc1=O. The summed E-state index contributed by atoms with van der Waals surface area (Å²) < 4.78 is 25.1. The average molecular weight is 349 g/mol. The number of rotatable bonds is 3. The molecule has 2 aromatic rings. The van der Waals surface area contributed by atoms with Gasteiger partial charge in [-0.2, -0.15) is 5.10 Å². The molecule has 1 aliphatic heterocycles. The van der Waals surface area contributed by atoms with Crippen molar-refractivity contribution in [2.45, 2.75) is 4.90 Å². The van der Waals surface area contributed by atoms with Crippen molar-refractivity contribution >= 4 is 21.3 Å². The van der Waals surface area contributed by atoms with Crippen molar-refractivity contribution in [1.29, 1.82) is 0 Å². The highest BCUT2D eigenvalue weighted by Gasteiger charge is 2.23. The second-order valence-corrected chi connectivity index (χ2v) is 7.73. The zero-order valence-electron chi connectivity index (χ0n) is 13.6. The second-order valence-electron chi connectivity index (χ2n) is 5.75. The Hall–Kier alpha value is -2.42. The van der Waals surface area contributed by atoms with Crippen LogP contribution in [0.5, 0.6) is 0 Å². The summed E-state index contributed by atoms with van der Waals surface area (Å²) in [5.74, 6) is 0.488.